The molecule has 0 aromatic heterocycles. The number of hydrogen-bond acceptors (Lipinski definition) is 3. The Balaban J connectivity index is 2.13. The summed E-state index contributed by atoms with van der Waals surface area (Å²) < 4.78 is 87.7. The van der Waals surface area contributed by atoms with Crippen molar-refractivity contribution >= 4 is 18.0 Å². The number of piperidine rings is 1. The number of halogens is 6. The first-order chi connectivity index (χ1) is 16.3. The average molecular weight is 500 g/mol. The highest BCUT2D eigenvalue weighted by Gasteiger charge is 2.45. The minimum atomic E-state index is -5.41. The van der Waals surface area contributed by atoms with Gasteiger partial charge in [0.15, 0.2) is 0 Å². The van der Waals surface area contributed by atoms with E-state index in [9.17, 15) is 35.9 Å². The fourth-order valence-electron chi connectivity index (χ4n) is 3.95. The van der Waals surface area contributed by atoms with E-state index in [2.05, 4.69) is 0 Å². The number of para-hydroxylation sites is 1. The third-order valence-corrected chi connectivity index (χ3v) is 5.68. The number of carboxylic acids is 1. The first kappa shape index (κ1) is 26.1. The molecule has 0 atom stereocenters. The van der Waals surface area contributed by atoms with Crippen molar-refractivity contribution in [3.63, 3.8) is 0 Å². The normalized spacial score (nSPS) is 15.5. The van der Waals surface area contributed by atoms with Crippen molar-refractivity contribution < 1.29 is 45.8 Å². The Hall–Kier alpha value is -3.50. The largest absolute Gasteiger partial charge is 0.496 e. The molecule has 0 spiro atoms. The van der Waals surface area contributed by atoms with E-state index in [-0.39, 0.29) is 42.8 Å². The van der Waals surface area contributed by atoms with Crippen LogP contribution in [0.1, 0.15) is 29.5 Å². The van der Waals surface area contributed by atoms with Gasteiger partial charge < -0.3 is 14.7 Å². The van der Waals surface area contributed by atoms with Gasteiger partial charge in [0.25, 0.3) is 0 Å². The minimum Gasteiger partial charge on any atom is -0.496 e. The SMILES string of the molecule is COc1ccccc1-c1c[c]c(C(F)(F)F)c(C(F)(F)F)c1/C=C/C(=O)N1CCC(C(=O)O)CC1. The maximum atomic E-state index is 14.0. The Kier molecular flexibility index (Phi) is 7.47. The summed E-state index contributed by atoms with van der Waals surface area (Å²) >= 11 is 0. The molecule has 35 heavy (non-hydrogen) atoms. The van der Waals surface area contributed by atoms with E-state index in [0.29, 0.717) is 6.08 Å². The molecule has 0 saturated carbocycles. The average Bonchev–Trinajstić information content (AvgIpc) is 2.80. The molecule has 2 aromatic rings. The van der Waals surface area contributed by atoms with Crippen LogP contribution in [0.25, 0.3) is 17.2 Å². The van der Waals surface area contributed by atoms with Crippen LogP contribution in [0.3, 0.4) is 0 Å². The van der Waals surface area contributed by atoms with E-state index in [4.69, 9.17) is 9.84 Å². The smallest absolute Gasteiger partial charge is 0.417 e. The van der Waals surface area contributed by atoms with E-state index in [1.165, 1.54) is 30.2 Å². The number of hydrogen-bond donors (Lipinski definition) is 1. The highest BCUT2D eigenvalue weighted by Crippen LogP contribution is 2.46. The Morgan fingerprint density at radius 3 is 2.23 bits per heavy atom. The summed E-state index contributed by atoms with van der Waals surface area (Å²) in [6.07, 6.45) is -8.97. The summed E-state index contributed by atoms with van der Waals surface area (Å²) in [7, 11) is 1.26. The van der Waals surface area contributed by atoms with E-state index < -0.39 is 46.8 Å². The van der Waals surface area contributed by atoms with Gasteiger partial charge in [-0.2, -0.15) is 26.3 Å². The highest BCUT2D eigenvalue weighted by molar-refractivity contribution is 5.94. The molecule has 1 amide bonds. The molecular formula is C24H20F6NO4. The second kappa shape index (κ2) is 10.0. The Morgan fingerprint density at radius 2 is 1.69 bits per heavy atom. The van der Waals surface area contributed by atoms with Crippen LogP contribution in [-0.2, 0) is 21.9 Å². The topological polar surface area (TPSA) is 66.8 Å². The van der Waals surface area contributed by atoms with E-state index >= 15 is 0 Å². The molecule has 1 heterocycles. The van der Waals surface area contributed by atoms with Crippen LogP contribution in [0.15, 0.2) is 36.4 Å². The lowest BCUT2D eigenvalue weighted by molar-refractivity contribution is -0.162. The number of aliphatic carboxylic acids is 1. The minimum absolute atomic E-state index is 0.0575. The molecule has 1 N–H and O–H groups in total. The molecule has 0 bridgehead atoms. The van der Waals surface area contributed by atoms with Crippen LogP contribution in [0.4, 0.5) is 26.3 Å². The quantitative estimate of drug-likeness (QED) is 0.433. The number of carboxylic acid groups (broad SMARTS) is 1. The van der Waals surface area contributed by atoms with E-state index in [0.717, 1.165) is 12.1 Å². The lowest BCUT2D eigenvalue weighted by atomic mass is 9.90. The van der Waals surface area contributed by atoms with Crippen LogP contribution in [-0.4, -0.2) is 42.1 Å². The summed E-state index contributed by atoms with van der Waals surface area (Å²) in [5, 5.41) is 9.07. The number of carbonyl (C=O) groups excluding carboxylic acids is 1. The van der Waals surface area contributed by atoms with Crippen molar-refractivity contribution in [3.8, 4) is 16.9 Å². The van der Waals surface area contributed by atoms with Crippen molar-refractivity contribution in [2.75, 3.05) is 20.2 Å². The zero-order valence-electron chi connectivity index (χ0n) is 18.3. The molecular weight excluding hydrogens is 480 g/mol. The van der Waals surface area contributed by atoms with Crippen LogP contribution in [0.5, 0.6) is 5.75 Å². The number of rotatable bonds is 5. The molecule has 11 heteroatoms. The van der Waals surface area contributed by atoms with Gasteiger partial charge in [0.05, 0.1) is 24.2 Å². The Bertz CT molecular complexity index is 1130. The maximum Gasteiger partial charge on any atom is 0.417 e. The molecule has 5 nitrogen and oxygen atoms in total. The number of nitrogens with zero attached hydrogens (tertiary/aromatic N) is 1. The van der Waals surface area contributed by atoms with Gasteiger partial charge in [-0.15, -0.1) is 0 Å². The zero-order valence-corrected chi connectivity index (χ0v) is 18.3. The standard InChI is InChI=1S/C24H20F6NO4/c1-35-19-5-3-2-4-16(19)15-6-8-18(23(25,26)27)21(24(28,29)30)17(15)7-9-20(32)31-12-10-14(11-13-31)22(33)34/h2-7,9,14H,10-13H2,1H3,(H,33,34)/b9-7+. The number of benzene rings is 2. The first-order valence-corrected chi connectivity index (χ1v) is 10.4. The molecule has 2 aromatic carbocycles. The molecule has 1 fully saturated rings. The fraction of sp³-hybridized carbons (Fsp3) is 0.333. The molecule has 1 aliphatic rings. The van der Waals surface area contributed by atoms with Gasteiger partial charge in [0, 0.05) is 24.7 Å². The van der Waals surface area contributed by atoms with Gasteiger partial charge in [-0.25, -0.2) is 0 Å². The van der Waals surface area contributed by atoms with Gasteiger partial charge >= 0.3 is 18.3 Å². The predicted molar refractivity (Wildman–Crippen MR) is 113 cm³/mol. The van der Waals surface area contributed by atoms with E-state index in [1.54, 1.807) is 12.1 Å². The summed E-state index contributed by atoms with van der Waals surface area (Å²) in [6, 6.07) is 8.35. The van der Waals surface area contributed by atoms with Crippen LogP contribution in [0.2, 0.25) is 0 Å². The van der Waals surface area contributed by atoms with Crippen LogP contribution in [0, 0.1) is 12.0 Å². The number of methoxy groups -OCH3 is 1. The molecule has 1 aliphatic heterocycles. The summed E-state index contributed by atoms with van der Waals surface area (Å²) in [4.78, 5) is 24.9. The lowest BCUT2D eigenvalue weighted by Gasteiger charge is -2.29. The number of amides is 1. The third-order valence-electron chi connectivity index (χ3n) is 5.68. The van der Waals surface area contributed by atoms with Crippen molar-refractivity contribution in [2.24, 2.45) is 5.92 Å². The highest BCUT2D eigenvalue weighted by atomic mass is 19.4. The van der Waals surface area contributed by atoms with Gasteiger partial charge in [-0.1, -0.05) is 18.2 Å². The second-order valence-corrected chi connectivity index (χ2v) is 7.83. The first-order valence-electron chi connectivity index (χ1n) is 10.4. The van der Waals surface area contributed by atoms with Gasteiger partial charge in [-0.05, 0) is 48.2 Å². The molecule has 1 radical (unpaired) electrons. The molecule has 1 saturated heterocycles. The summed E-state index contributed by atoms with van der Waals surface area (Å²) in [6.45, 7) is 0.115. The number of ether oxygens (including phenoxy) is 1. The number of carbonyl (C=O) groups is 2. The number of likely N-dealkylation sites (tertiary alicyclic amines) is 1. The van der Waals surface area contributed by atoms with Gasteiger partial charge in [0.2, 0.25) is 5.91 Å². The van der Waals surface area contributed by atoms with E-state index in [1.807, 2.05) is 0 Å². The second-order valence-electron chi connectivity index (χ2n) is 7.83. The van der Waals surface area contributed by atoms with Crippen molar-refractivity contribution in [2.45, 2.75) is 25.2 Å². The predicted octanol–water partition coefficient (Wildman–Crippen LogP) is 5.54. The monoisotopic (exact) mass is 500 g/mol. The van der Waals surface area contributed by atoms with Gasteiger partial charge in [0.1, 0.15) is 5.75 Å². The Labute approximate surface area is 196 Å². The Morgan fingerprint density at radius 1 is 1.06 bits per heavy atom. The number of alkyl halides is 6. The third kappa shape index (κ3) is 5.77. The maximum absolute atomic E-state index is 14.0. The van der Waals surface area contributed by atoms with Gasteiger partial charge in [-0.3, -0.25) is 9.59 Å². The van der Waals surface area contributed by atoms with Crippen molar-refractivity contribution in [1.82, 2.24) is 4.90 Å². The molecule has 0 unspecified atom stereocenters. The lowest BCUT2D eigenvalue weighted by Crippen LogP contribution is -2.39. The fourth-order valence-corrected chi connectivity index (χ4v) is 3.95. The van der Waals surface area contributed by atoms with Crippen LogP contribution < -0.4 is 4.74 Å². The van der Waals surface area contributed by atoms with Crippen molar-refractivity contribution in [3.05, 3.63) is 59.2 Å². The molecule has 0 aliphatic carbocycles. The molecule has 187 valence electrons. The summed E-state index contributed by atoms with van der Waals surface area (Å²) in [5.41, 5.74) is -5.00. The zero-order chi connectivity index (χ0) is 26.0. The van der Waals surface area contributed by atoms with Crippen LogP contribution >= 0.6 is 0 Å². The summed E-state index contributed by atoms with van der Waals surface area (Å²) in [5.74, 6) is -2.28. The van der Waals surface area contributed by atoms with Crippen molar-refractivity contribution in [1.29, 1.82) is 0 Å². The molecule has 3 rings (SSSR count).